The number of H-pyrrole nitrogens is 1. The number of aromatic amines is 1. The zero-order chi connectivity index (χ0) is 8.39. The molecule has 0 unspecified atom stereocenters. The van der Waals surface area contributed by atoms with E-state index in [4.69, 9.17) is 5.73 Å². The van der Waals surface area contributed by atoms with Gasteiger partial charge in [-0.3, -0.25) is 0 Å². The number of hydrogen-bond donors (Lipinski definition) is 2. The highest BCUT2D eigenvalue weighted by Gasteiger charge is 1.92. The first kappa shape index (κ1) is 6.98. The number of rotatable bonds is 1. The van der Waals surface area contributed by atoms with Crippen molar-refractivity contribution in [2.45, 2.75) is 0 Å². The summed E-state index contributed by atoms with van der Waals surface area (Å²) in [6.45, 7) is 0. The summed E-state index contributed by atoms with van der Waals surface area (Å²) >= 11 is 0. The Bertz CT molecular complexity index is 412. The van der Waals surface area contributed by atoms with Gasteiger partial charge in [-0.05, 0) is 41.4 Å². The van der Waals surface area contributed by atoms with E-state index in [2.05, 4.69) is 11.1 Å². The Kier molecular flexibility index (Phi) is 1.59. The Balaban J connectivity index is 2.60. The van der Waals surface area contributed by atoms with Gasteiger partial charge in [-0.15, -0.1) is 0 Å². The van der Waals surface area contributed by atoms with E-state index >= 15 is 0 Å². The number of aromatic nitrogens is 1. The predicted molar refractivity (Wildman–Crippen MR) is 51.5 cm³/mol. The van der Waals surface area contributed by atoms with Gasteiger partial charge in [0.2, 0.25) is 0 Å². The maximum absolute atomic E-state index is 5.29. The first-order chi connectivity index (χ1) is 5.90. The Morgan fingerprint density at radius 1 is 1.25 bits per heavy atom. The molecule has 0 atom stereocenters. The van der Waals surface area contributed by atoms with Gasteiger partial charge in [0.15, 0.2) is 0 Å². The number of benzene rings is 1. The number of nitrogens with one attached hydrogen (secondary N) is 1. The van der Waals surface area contributed by atoms with Gasteiger partial charge in [-0.1, -0.05) is 6.07 Å². The summed E-state index contributed by atoms with van der Waals surface area (Å²) in [5.74, 6) is 0. The van der Waals surface area contributed by atoms with E-state index in [0.717, 1.165) is 11.1 Å². The fourth-order valence-electron chi connectivity index (χ4n) is 1.29. The molecule has 0 spiro atoms. The van der Waals surface area contributed by atoms with Gasteiger partial charge in [-0.25, -0.2) is 0 Å². The molecule has 0 amide bonds. The molecule has 0 aliphatic heterocycles. The highest BCUT2D eigenvalue weighted by Crippen LogP contribution is 2.14. The molecule has 0 radical (unpaired) electrons. The molecule has 0 saturated heterocycles. The lowest BCUT2D eigenvalue weighted by Crippen LogP contribution is -1.77. The van der Waals surface area contributed by atoms with Crippen LogP contribution in [0.2, 0.25) is 0 Å². The highest BCUT2D eigenvalue weighted by molar-refractivity contribution is 5.81. The van der Waals surface area contributed by atoms with Crippen LogP contribution in [0.3, 0.4) is 0 Å². The molecule has 0 fully saturated rings. The van der Waals surface area contributed by atoms with Gasteiger partial charge in [0.05, 0.1) is 0 Å². The zero-order valence-electron chi connectivity index (χ0n) is 6.62. The van der Waals surface area contributed by atoms with E-state index in [-0.39, 0.29) is 0 Å². The molecule has 0 aliphatic carbocycles. The first-order valence-electron chi connectivity index (χ1n) is 3.85. The van der Waals surface area contributed by atoms with Crippen molar-refractivity contribution in [1.82, 2.24) is 4.98 Å². The first-order valence-corrected chi connectivity index (χ1v) is 3.85. The molecule has 2 nitrogen and oxygen atoms in total. The quantitative estimate of drug-likeness (QED) is 0.655. The highest BCUT2D eigenvalue weighted by atomic mass is 14.7. The minimum absolute atomic E-state index is 1.13. The van der Waals surface area contributed by atoms with Gasteiger partial charge >= 0.3 is 0 Å². The summed E-state index contributed by atoms with van der Waals surface area (Å²) < 4.78 is 0. The summed E-state index contributed by atoms with van der Waals surface area (Å²) in [6, 6.07) is 8.21. The topological polar surface area (TPSA) is 41.8 Å². The van der Waals surface area contributed by atoms with Crippen LogP contribution in [0.25, 0.3) is 17.0 Å². The Labute approximate surface area is 70.7 Å². The second-order valence-electron chi connectivity index (χ2n) is 2.68. The molecule has 2 rings (SSSR count). The van der Waals surface area contributed by atoms with Crippen LogP contribution in [0.15, 0.2) is 36.7 Å². The number of fused-ring (bicyclic) bond motifs is 1. The third-order valence-corrected chi connectivity index (χ3v) is 1.87. The number of nitrogens with two attached hydrogens (primary N) is 1. The fourth-order valence-corrected chi connectivity index (χ4v) is 1.29. The smallest absolute Gasteiger partial charge is 0.0454 e. The van der Waals surface area contributed by atoms with Crippen molar-refractivity contribution in [3.63, 3.8) is 0 Å². The predicted octanol–water partition coefficient (Wildman–Crippen LogP) is 2.10. The van der Waals surface area contributed by atoms with Crippen LogP contribution in [0.5, 0.6) is 0 Å². The van der Waals surface area contributed by atoms with Crippen molar-refractivity contribution < 1.29 is 0 Å². The molecule has 1 aromatic heterocycles. The Hall–Kier alpha value is -1.70. The summed E-state index contributed by atoms with van der Waals surface area (Å²) in [4.78, 5) is 3.13. The second-order valence-corrected chi connectivity index (χ2v) is 2.68. The van der Waals surface area contributed by atoms with Crippen molar-refractivity contribution in [2.24, 2.45) is 5.73 Å². The molecule has 0 bridgehead atoms. The third-order valence-electron chi connectivity index (χ3n) is 1.87. The normalized spacial score (nSPS) is 11.3. The van der Waals surface area contributed by atoms with Crippen LogP contribution in [-0.2, 0) is 0 Å². The molecule has 60 valence electrons. The lowest BCUT2D eigenvalue weighted by atomic mass is 10.1. The van der Waals surface area contributed by atoms with Gasteiger partial charge in [0.25, 0.3) is 0 Å². The maximum Gasteiger partial charge on any atom is 0.0454 e. The van der Waals surface area contributed by atoms with Crippen molar-refractivity contribution in [3.05, 3.63) is 42.2 Å². The minimum Gasteiger partial charge on any atom is -0.405 e. The molecule has 1 aromatic carbocycles. The van der Waals surface area contributed by atoms with Crippen LogP contribution in [-0.4, -0.2) is 4.98 Å². The van der Waals surface area contributed by atoms with E-state index in [9.17, 15) is 0 Å². The number of hydrogen-bond acceptors (Lipinski definition) is 1. The summed E-state index contributed by atoms with van der Waals surface area (Å²) in [7, 11) is 0. The van der Waals surface area contributed by atoms with E-state index < -0.39 is 0 Å². The van der Waals surface area contributed by atoms with Crippen molar-refractivity contribution in [1.29, 1.82) is 0 Å². The van der Waals surface area contributed by atoms with E-state index in [1.54, 1.807) is 6.20 Å². The van der Waals surface area contributed by atoms with Gasteiger partial charge in [0, 0.05) is 11.7 Å². The van der Waals surface area contributed by atoms with E-state index in [1.165, 1.54) is 5.39 Å². The Morgan fingerprint density at radius 3 is 3.00 bits per heavy atom. The molecule has 1 heterocycles. The zero-order valence-corrected chi connectivity index (χ0v) is 6.62. The molecule has 0 aliphatic rings. The largest absolute Gasteiger partial charge is 0.405 e. The van der Waals surface area contributed by atoms with E-state index in [0.29, 0.717) is 0 Å². The minimum atomic E-state index is 1.13. The SMILES string of the molecule is NC=Cc1ccc2[nH]ccc2c1. The molecular formula is C10H10N2. The summed E-state index contributed by atoms with van der Waals surface area (Å²) in [5, 5.41) is 1.21. The van der Waals surface area contributed by atoms with Crippen molar-refractivity contribution in [3.8, 4) is 0 Å². The van der Waals surface area contributed by atoms with Gasteiger partial charge < -0.3 is 10.7 Å². The average molecular weight is 158 g/mol. The van der Waals surface area contributed by atoms with Crippen molar-refractivity contribution in [2.75, 3.05) is 0 Å². The second kappa shape index (κ2) is 2.74. The molecular weight excluding hydrogens is 148 g/mol. The molecule has 3 N–H and O–H groups in total. The lowest BCUT2D eigenvalue weighted by molar-refractivity contribution is 1.48. The average Bonchev–Trinajstić information content (AvgIpc) is 2.51. The van der Waals surface area contributed by atoms with Crippen LogP contribution in [0, 0.1) is 0 Å². The molecule has 0 saturated carbocycles. The van der Waals surface area contributed by atoms with Crippen molar-refractivity contribution >= 4 is 17.0 Å². The summed E-state index contributed by atoms with van der Waals surface area (Å²) in [6.07, 6.45) is 5.36. The van der Waals surface area contributed by atoms with Crippen LogP contribution >= 0.6 is 0 Å². The van der Waals surface area contributed by atoms with Gasteiger partial charge in [0.1, 0.15) is 0 Å². The lowest BCUT2D eigenvalue weighted by Gasteiger charge is -1.92. The van der Waals surface area contributed by atoms with Crippen LogP contribution in [0.1, 0.15) is 5.56 Å². The monoisotopic (exact) mass is 158 g/mol. The Morgan fingerprint density at radius 2 is 2.17 bits per heavy atom. The fraction of sp³-hybridized carbons (Fsp3) is 0. The standard InChI is InChI=1S/C10H10N2/c11-5-3-8-1-2-10-9(7-8)4-6-12-10/h1-7,12H,11H2. The molecule has 12 heavy (non-hydrogen) atoms. The van der Waals surface area contributed by atoms with Crippen LogP contribution in [0.4, 0.5) is 0 Å². The maximum atomic E-state index is 5.29. The third kappa shape index (κ3) is 1.07. The van der Waals surface area contributed by atoms with Crippen LogP contribution < -0.4 is 5.73 Å². The molecule has 2 aromatic rings. The molecule has 2 heteroatoms. The van der Waals surface area contributed by atoms with Gasteiger partial charge in [-0.2, -0.15) is 0 Å². The van der Waals surface area contributed by atoms with E-state index in [1.807, 2.05) is 30.5 Å². The summed E-state index contributed by atoms with van der Waals surface area (Å²) in [5.41, 5.74) is 7.58.